The molecule has 212 valence electrons. The lowest BCUT2D eigenvalue weighted by molar-refractivity contribution is 0.0639. The Bertz CT molecular complexity index is 1490. The number of nitrogens with zero attached hydrogens (tertiary/aromatic N) is 5. The maximum atomic E-state index is 6.38. The van der Waals surface area contributed by atoms with Crippen LogP contribution in [0.3, 0.4) is 0 Å². The van der Waals surface area contributed by atoms with E-state index >= 15 is 0 Å². The molecule has 0 bridgehead atoms. The van der Waals surface area contributed by atoms with Crippen LogP contribution in [0.4, 0.5) is 5.82 Å². The Kier molecular flexibility index (Phi) is 8.12. The molecule has 0 amide bonds. The maximum absolute atomic E-state index is 6.38. The topological polar surface area (TPSA) is 89.2 Å². The van der Waals surface area contributed by atoms with Gasteiger partial charge in [0, 0.05) is 53.5 Å². The zero-order valence-corrected chi connectivity index (χ0v) is 25.6. The van der Waals surface area contributed by atoms with Crippen LogP contribution in [0.5, 0.6) is 0 Å². The minimum atomic E-state index is 0.422. The first-order valence-electron chi connectivity index (χ1n) is 14.2. The number of rotatable bonds is 9. The highest BCUT2D eigenvalue weighted by molar-refractivity contribution is 7.99. The number of aryl methyl sites for hydroxylation is 1. The Labute approximate surface area is 244 Å². The van der Waals surface area contributed by atoms with Crippen LogP contribution in [-0.2, 0) is 17.7 Å². The maximum Gasteiger partial charge on any atom is 0.250 e. The average Bonchev–Trinajstić information content (AvgIpc) is 3.69. The van der Waals surface area contributed by atoms with Crippen LogP contribution < -0.4 is 5.32 Å². The number of thioether (sulfide) groups is 1. The lowest BCUT2D eigenvalue weighted by Crippen LogP contribution is -2.17. The largest absolute Gasteiger partial charge is 0.419 e. The van der Waals surface area contributed by atoms with E-state index in [1.54, 1.807) is 11.3 Å². The third kappa shape index (κ3) is 5.38. The Morgan fingerprint density at radius 3 is 2.73 bits per heavy atom. The van der Waals surface area contributed by atoms with Gasteiger partial charge in [0.15, 0.2) is 0 Å². The zero-order valence-electron chi connectivity index (χ0n) is 24.0. The van der Waals surface area contributed by atoms with Gasteiger partial charge in [0.25, 0.3) is 0 Å². The summed E-state index contributed by atoms with van der Waals surface area (Å²) in [4.78, 5) is 14.5. The predicted molar refractivity (Wildman–Crippen MR) is 163 cm³/mol. The number of anilines is 1. The fraction of sp³-hybridized carbons (Fsp3) is 0.533. The van der Waals surface area contributed by atoms with E-state index in [1.807, 2.05) is 44.0 Å². The molecule has 6 rings (SSSR count). The van der Waals surface area contributed by atoms with E-state index in [9.17, 15) is 0 Å². The summed E-state index contributed by atoms with van der Waals surface area (Å²) in [7, 11) is 5.96. The molecule has 6 heterocycles. The number of pyridine rings is 2. The molecule has 1 saturated heterocycles. The van der Waals surface area contributed by atoms with Crippen molar-refractivity contribution in [1.29, 1.82) is 0 Å². The van der Waals surface area contributed by atoms with Gasteiger partial charge >= 0.3 is 0 Å². The molecule has 0 saturated carbocycles. The predicted octanol–water partition coefficient (Wildman–Crippen LogP) is 6.72. The second-order valence-corrected chi connectivity index (χ2v) is 13.5. The van der Waals surface area contributed by atoms with Crippen molar-refractivity contribution < 1.29 is 9.15 Å². The molecule has 0 radical (unpaired) electrons. The first-order valence-corrected chi connectivity index (χ1v) is 16.0. The number of aromatic nitrogens is 4. The molecule has 1 fully saturated rings. The lowest BCUT2D eigenvalue weighted by atomic mass is 9.89. The van der Waals surface area contributed by atoms with Crippen molar-refractivity contribution >= 4 is 39.0 Å². The molecule has 10 heteroatoms. The van der Waals surface area contributed by atoms with E-state index in [4.69, 9.17) is 14.1 Å². The Hall–Kier alpha value is -2.53. The molecule has 0 aromatic carbocycles. The summed E-state index contributed by atoms with van der Waals surface area (Å²) in [5.41, 5.74) is 4.52. The molecular formula is C30H38N6O2S2. The minimum Gasteiger partial charge on any atom is -0.419 e. The van der Waals surface area contributed by atoms with Gasteiger partial charge in [0.2, 0.25) is 11.8 Å². The summed E-state index contributed by atoms with van der Waals surface area (Å²) in [6.45, 7) is 6.93. The number of nitrogens with one attached hydrogen (secondary N) is 1. The molecule has 1 N–H and O–H groups in total. The Morgan fingerprint density at radius 2 is 1.98 bits per heavy atom. The van der Waals surface area contributed by atoms with Gasteiger partial charge < -0.3 is 19.4 Å². The molecule has 1 atom stereocenters. The zero-order chi connectivity index (χ0) is 27.8. The van der Waals surface area contributed by atoms with E-state index in [-0.39, 0.29) is 0 Å². The highest BCUT2D eigenvalue weighted by Crippen LogP contribution is 2.53. The van der Waals surface area contributed by atoms with E-state index in [1.165, 1.54) is 26.4 Å². The highest BCUT2D eigenvalue weighted by Gasteiger charge is 2.35. The Morgan fingerprint density at radius 1 is 1.15 bits per heavy atom. The molecule has 40 heavy (non-hydrogen) atoms. The van der Waals surface area contributed by atoms with Gasteiger partial charge in [-0.15, -0.1) is 33.3 Å². The molecule has 8 nitrogen and oxygen atoms in total. The van der Waals surface area contributed by atoms with Crippen LogP contribution in [-0.4, -0.2) is 65.2 Å². The van der Waals surface area contributed by atoms with E-state index in [0.29, 0.717) is 36.1 Å². The molecule has 0 aliphatic carbocycles. The first-order chi connectivity index (χ1) is 19.4. The summed E-state index contributed by atoms with van der Waals surface area (Å²) in [5, 5.41) is 13.5. The third-order valence-corrected chi connectivity index (χ3v) is 10.4. The number of fused-ring (bicyclic) bond motifs is 2. The van der Waals surface area contributed by atoms with Crippen LogP contribution in [0.1, 0.15) is 56.3 Å². The summed E-state index contributed by atoms with van der Waals surface area (Å²) < 4.78 is 13.2. The van der Waals surface area contributed by atoms with Crippen LogP contribution in [0.15, 0.2) is 27.6 Å². The number of ether oxygens (including phenoxy) is 1. The number of hydrogen-bond donors (Lipinski definition) is 1. The number of thiophene rings is 1. The van der Waals surface area contributed by atoms with Crippen molar-refractivity contribution in [2.75, 3.05) is 45.4 Å². The van der Waals surface area contributed by atoms with Gasteiger partial charge in [0.05, 0.1) is 28.2 Å². The summed E-state index contributed by atoms with van der Waals surface area (Å²) in [6.07, 6.45) is 6.06. The van der Waals surface area contributed by atoms with Gasteiger partial charge in [-0.2, -0.15) is 0 Å². The smallest absolute Gasteiger partial charge is 0.250 e. The standard InChI is InChI=1S/C30H38N6O2S2/c1-17(2)20-16-39-28-25(22-14-19-8-11-32-29(31-3)27(19)40-22)24(30-35-34-23(38-30)15-36(4)5)21(33-26(20)28)7-6-18-9-12-37-13-10-18/h8,11,14,17-18,20H,6-7,9-10,12-13,15-16H2,1-5H3,(H,31,32). The summed E-state index contributed by atoms with van der Waals surface area (Å²) in [5.74, 6) is 4.72. The van der Waals surface area contributed by atoms with Gasteiger partial charge in [-0.1, -0.05) is 13.8 Å². The van der Waals surface area contributed by atoms with Crippen LogP contribution in [0.2, 0.25) is 0 Å². The van der Waals surface area contributed by atoms with Crippen molar-refractivity contribution in [1.82, 2.24) is 25.1 Å². The number of hydrogen-bond acceptors (Lipinski definition) is 10. The summed E-state index contributed by atoms with van der Waals surface area (Å²) in [6, 6.07) is 4.39. The second kappa shape index (κ2) is 11.8. The van der Waals surface area contributed by atoms with Crippen molar-refractivity contribution in [3.8, 4) is 21.9 Å². The molecule has 0 spiro atoms. The van der Waals surface area contributed by atoms with Crippen molar-refractivity contribution in [3.05, 3.63) is 35.6 Å². The Balaban J connectivity index is 1.56. The molecule has 1 unspecified atom stereocenters. The quantitative estimate of drug-likeness (QED) is 0.233. The van der Waals surface area contributed by atoms with Gasteiger partial charge in [-0.3, -0.25) is 4.98 Å². The normalized spacial score (nSPS) is 17.8. The van der Waals surface area contributed by atoms with Gasteiger partial charge in [-0.05, 0) is 69.1 Å². The molecule has 4 aromatic heterocycles. The van der Waals surface area contributed by atoms with E-state index in [0.717, 1.165) is 66.4 Å². The molecule has 2 aliphatic heterocycles. The van der Waals surface area contributed by atoms with Crippen LogP contribution in [0, 0.1) is 11.8 Å². The second-order valence-electron chi connectivity index (χ2n) is 11.5. The SMILES string of the molecule is CNc1nccc2cc(-c3c4c(nc(CCC5CCOCC5)c3-c3nnc(CN(C)C)o3)C(C(C)C)CS4)sc12. The van der Waals surface area contributed by atoms with Crippen molar-refractivity contribution in [2.24, 2.45) is 11.8 Å². The average molecular weight is 579 g/mol. The molecule has 4 aromatic rings. The van der Waals surface area contributed by atoms with E-state index in [2.05, 4.69) is 46.5 Å². The molecule has 2 aliphatic rings. The van der Waals surface area contributed by atoms with Crippen molar-refractivity contribution in [2.45, 2.75) is 56.9 Å². The fourth-order valence-corrected chi connectivity index (χ4v) is 8.64. The van der Waals surface area contributed by atoms with Gasteiger partial charge in [-0.25, -0.2) is 4.98 Å². The first kappa shape index (κ1) is 27.6. The van der Waals surface area contributed by atoms with Crippen molar-refractivity contribution in [3.63, 3.8) is 0 Å². The van der Waals surface area contributed by atoms with Crippen LogP contribution in [0.25, 0.3) is 32.0 Å². The third-order valence-electron chi connectivity index (χ3n) is 8.00. The fourth-order valence-electron chi connectivity index (χ4n) is 5.77. The summed E-state index contributed by atoms with van der Waals surface area (Å²) >= 11 is 3.70. The minimum absolute atomic E-state index is 0.422. The van der Waals surface area contributed by atoms with Gasteiger partial charge in [0.1, 0.15) is 5.82 Å². The van der Waals surface area contributed by atoms with E-state index < -0.39 is 0 Å². The molecular weight excluding hydrogens is 541 g/mol. The lowest BCUT2D eigenvalue weighted by Gasteiger charge is -2.23. The highest BCUT2D eigenvalue weighted by atomic mass is 32.2. The monoisotopic (exact) mass is 578 g/mol. The van der Waals surface area contributed by atoms with Crippen LogP contribution >= 0.6 is 23.1 Å².